The van der Waals surface area contributed by atoms with Crippen LogP contribution in [0.15, 0.2) is 54.7 Å². The highest BCUT2D eigenvalue weighted by Crippen LogP contribution is 2.26. The molecule has 1 rings (SSSR count). The summed E-state index contributed by atoms with van der Waals surface area (Å²) in [6.07, 6.45) is 22.6. The Morgan fingerprint density at radius 3 is 2.26 bits per heavy atom. The molecule has 0 amide bonds. The molecule has 0 unspecified atom stereocenters. The van der Waals surface area contributed by atoms with Crippen LogP contribution in [0.4, 0.5) is 0 Å². The second kappa shape index (κ2) is 16.9. The first-order chi connectivity index (χ1) is 15.1. The van der Waals surface area contributed by atoms with Gasteiger partial charge in [-0.15, -0.1) is 0 Å². The molecule has 31 heavy (non-hydrogen) atoms. The lowest BCUT2D eigenvalue weighted by molar-refractivity contribution is -0.138. The van der Waals surface area contributed by atoms with E-state index < -0.39 is 11.9 Å². The number of rotatable bonds is 15. The third-order valence-electron chi connectivity index (χ3n) is 4.65. The SMILES string of the molecule is CC/C=C\C/C=C\C/C=C\CCCCCCCC(=O)OC(=O)c1ccc(O)c(OC)c1. The highest BCUT2D eigenvalue weighted by Gasteiger charge is 2.15. The Morgan fingerprint density at radius 1 is 0.903 bits per heavy atom. The van der Waals surface area contributed by atoms with E-state index in [4.69, 9.17) is 9.47 Å². The summed E-state index contributed by atoms with van der Waals surface area (Å²) < 4.78 is 9.81. The normalized spacial score (nSPS) is 11.5. The lowest BCUT2D eigenvalue weighted by Gasteiger charge is -2.06. The van der Waals surface area contributed by atoms with E-state index in [1.165, 1.54) is 25.3 Å². The Bertz CT molecular complexity index is 746. The van der Waals surface area contributed by atoms with Crippen LogP contribution in [0.2, 0.25) is 0 Å². The second-order valence-corrected chi connectivity index (χ2v) is 7.25. The van der Waals surface area contributed by atoms with Gasteiger partial charge in [0.15, 0.2) is 11.5 Å². The van der Waals surface area contributed by atoms with Crippen molar-refractivity contribution in [1.29, 1.82) is 0 Å². The van der Waals surface area contributed by atoms with Gasteiger partial charge in [-0.2, -0.15) is 0 Å². The van der Waals surface area contributed by atoms with Crippen LogP contribution in [0.1, 0.15) is 81.5 Å². The van der Waals surface area contributed by atoms with Crippen LogP contribution in [-0.4, -0.2) is 24.2 Å². The van der Waals surface area contributed by atoms with Gasteiger partial charge in [0.05, 0.1) is 12.7 Å². The average Bonchev–Trinajstić information content (AvgIpc) is 2.76. The molecule has 0 aliphatic carbocycles. The van der Waals surface area contributed by atoms with Gasteiger partial charge in [0.2, 0.25) is 0 Å². The molecule has 0 fully saturated rings. The van der Waals surface area contributed by atoms with Crippen molar-refractivity contribution in [1.82, 2.24) is 0 Å². The fourth-order valence-corrected chi connectivity index (χ4v) is 2.91. The zero-order valence-corrected chi connectivity index (χ0v) is 18.8. The molecule has 0 bridgehead atoms. The van der Waals surface area contributed by atoms with Crippen LogP contribution in [0.5, 0.6) is 11.5 Å². The molecule has 170 valence electrons. The number of benzene rings is 1. The summed E-state index contributed by atoms with van der Waals surface area (Å²) in [6, 6.07) is 4.07. The predicted octanol–water partition coefficient (Wildman–Crippen LogP) is 6.67. The third kappa shape index (κ3) is 12.5. The summed E-state index contributed by atoms with van der Waals surface area (Å²) in [4.78, 5) is 23.8. The van der Waals surface area contributed by atoms with Crippen LogP contribution in [-0.2, 0) is 9.53 Å². The summed E-state index contributed by atoms with van der Waals surface area (Å²) in [5.74, 6) is -1.18. The number of ether oxygens (including phenoxy) is 2. The van der Waals surface area contributed by atoms with Crippen LogP contribution in [0.3, 0.4) is 0 Å². The third-order valence-corrected chi connectivity index (χ3v) is 4.65. The lowest BCUT2D eigenvalue weighted by Crippen LogP contribution is -2.12. The highest BCUT2D eigenvalue weighted by molar-refractivity contribution is 5.97. The zero-order valence-electron chi connectivity index (χ0n) is 18.8. The molecule has 0 heterocycles. The maximum atomic E-state index is 12.0. The first kappa shape index (κ1) is 26.2. The molecular weight excluding hydrogens is 392 g/mol. The van der Waals surface area contributed by atoms with Gasteiger partial charge in [0, 0.05) is 6.42 Å². The summed E-state index contributed by atoms with van der Waals surface area (Å²) in [5, 5.41) is 9.55. The molecule has 1 aromatic rings. The molecule has 0 radical (unpaired) electrons. The van der Waals surface area contributed by atoms with Crippen LogP contribution < -0.4 is 4.74 Å². The van der Waals surface area contributed by atoms with E-state index in [2.05, 4.69) is 43.4 Å². The zero-order chi connectivity index (χ0) is 22.7. The van der Waals surface area contributed by atoms with Gasteiger partial charge in [-0.05, 0) is 56.7 Å². The molecule has 1 N–H and O–H groups in total. The second-order valence-electron chi connectivity index (χ2n) is 7.25. The number of phenolic OH excluding ortho intramolecular Hbond substituents is 1. The van der Waals surface area contributed by atoms with Gasteiger partial charge in [0.25, 0.3) is 0 Å². The highest BCUT2D eigenvalue weighted by atomic mass is 16.6. The minimum atomic E-state index is -0.734. The quantitative estimate of drug-likeness (QED) is 0.146. The topological polar surface area (TPSA) is 72.8 Å². The number of carbonyl (C=O) groups excluding carboxylic acids is 2. The van der Waals surface area contributed by atoms with E-state index in [1.807, 2.05) is 0 Å². The predicted molar refractivity (Wildman–Crippen MR) is 124 cm³/mol. The first-order valence-electron chi connectivity index (χ1n) is 11.2. The minimum Gasteiger partial charge on any atom is -0.504 e. The number of unbranched alkanes of at least 4 members (excludes halogenated alkanes) is 5. The molecule has 5 nitrogen and oxygen atoms in total. The summed E-state index contributed by atoms with van der Waals surface area (Å²) in [7, 11) is 1.39. The van der Waals surface area contributed by atoms with Gasteiger partial charge in [-0.25, -0.2) is 4.79 Å². The van der Waals surface area contributed by atoms with Crippen molar-refractivity contribution in [2.75, 3.05) is 7.11 Å². The number of aromatic hydroxyl groups is 1. The first-order valence-corrected chi connectivity index (χ1v) is 11.2. The molecule has 0 spiro atoms. The van der Waals surface area contributed by atoms with E-state index in [-0.39, 0.29) is 23.5 Å². The van der Waals surface area contributed by atoms with E-state index in [0.717, 1.165) is 51.4 Å². The molecular formula is C26H36O5. The lowest BCUT2D eigenvalue weighted by atomic mass is 10.1. The summed E-state index contributed by atoms with van der Waals surface area (Å²) >= 11 is 0. The van der Waals surface area contributed by atoms with Crippen molar-refractivity contribution in [2.24, 2.45) is 0 Å². The number of allylic oxidation sites excluding steroid dienone is 6. The van der Waals surface area contributed by atoms with Gasteiger partial charge in [-0.3, -0.25) is 4.79 Å². The Labute approximate surface area is 186 Å². The standard InChI is InChI=1S/C26H36O5/c1-3-4-5-6-7-8-9-10-11-12-13-14-15-16-17-18-25(28)31-26(29)22-19-20-23(27)24(21-22)30-2/h4-5,7-8,10-11,19-21,27H,3,6,9,12-18H2,1-2H3/b5-4-,8-7-,11-10-. The van der Waals surface area contributed by atoms with Gasteiger partial charge in [0.1, 0.15) is 0 Å². The van der Waals surface area contributed by atoms with Crippen molar-refractivity contribution >= 4 is 11.9 Å². The van der Waals surface area contributed by atoms with Gasteiger partial charge < -0.3 is 14.6 Å². The number of hydrogen-bond donors (Lipinski definition) is 1. The summed E-state index contributed by atoms with van der Waals surface area (Å²) in [5.41, 5.74) is 0.167. The number of carbonyl (C=O) groups is 2. The van der Waals surface area contributed by atoms with E-state index in [0.29, 0.717) is 6.42 Å². The Hall–Kier alpha value is -2.82. The minimum absolute atomic E-state index is 0.0758. The Kier molecular flexibility index (Phi) is 14.3. The molecule has 0 aromatic heterocycles. The van der Waals surface area contributed by atoms with Crippen molar-refractivity contribution < 1.29 is 24.2 Å². The smallest absolute Gasteiger partial charge is 0.345 e. The molecule has 0 saturated carbocycles. The van der Waals surface area contributed by atoms with E-state index >= 15 is 0 Å². The van der Waals surface area contributed by atoms with Crippen LogP contribution >= 0.6 is 0 Å². The van der Waals surface area contributed by atoms with Crippen molar-refractivity contribution in [2.45, 2.75) is 71.1 Å². The molecule has 0 saturated heterocycles. The Balaban J connectivity index is 2.06. The maximum Gasteiger partial charge on any atom is 0.345 e. The van der Waals surface area contributed by atoms with Crippen LogP contribution in [0, 0.1) is 0 Å². The van der Waals surface area contributed by atoms with Gasteiger partial charge >= 0.3 is 11.9 Å². The summed E-state index contributed by atoms with van der Waals surface area (Å²) in [6.45, 7) is 2.14. The van der Waals surface area contributed by atoms with E-state index in [1.54, 1.807) is 0 Å². The number of methoxy groups -OCH3 is 1. The molecule has 0 aliphatic rings. The molecule has 5 heteroatoms. The number of hydrogen-bond acceptors (Lipinski definition) is 5. The van der Waals surface area contributed by atoms with Crippen molar-refractivity contribution in [3.63, 3.8) is 0 Å². The fraction of sp³-hybridized carbons (Fsp3) is 0.462. The van der Waals surface area contributed by atoms with Crippen molar-refractivity contribution in [3.8, 4) is 11.5 Å². The molecule has 0 atom stereocenters. The van der Waals surface area contributed by atoms with Crippen LogP contribution in [0.25, 0.3) is 0 Å². The van der Waals surface area contributed by atoms with E-state index in [9.17, 15) is 14.7 Å². The van der Waals surface area contributed by atoms with Crippen molar-refractivity contribution in [3.05, 3.63) is 60.2 Å². The number of esters is 2. The van der Waals surface area contributed by atoms with Gasteiger partial charge in [-0.1, -0.05) is 62.6 Å². The average molecular weight is 429 g/mol. The molecule has 1 aromatic carbocycles. The fourth-order valence-electron chi connectivity index (χ4n) is 2.91. The molecule has 0 aliphatic heterocycles. The largest absolute Gasteiger partial charge is 0.504 e. The Morgan fingerprint density at radius 2 is 1.55 bits per heavy atom. The monoisotopic (exact) mass is 428 g/mol. The maximum absolute atomic E-state index is 12.0. The number of phenols is 1.